The molecule has 0 atom stereocenters. The lowest BCUT2D eigenvalue weighted by Gasteiger charge is -2.36. The zero-order chi connectivity index (χ0) is 27.4. The number of imidazole rings is 1. The maximum atomic E-state index is 13.4. The molecular formula is C30H34N6O3. The summed E-state index contributed by atoms with van der Waals surface area (Å²) in [4.78, 5) is 22.4. The number of oxime groups is 1. The van der Waals surface area contributed by atoms with Gasteiger partial charge in [0, 0.05) is 50.8 Å². The van der Waals surface area contributed by atoms with Gasteiger partial charge in [-0.2, -0.15) is 0 Å². The summed E-state index contributed by atoms with van der Waals surface area (Å²) in [6.07, 6.45) is 1.55. The summed E-state index contributed by atoms with van der Waals surface area (Å²) in [6.45, 7) is 5.43. The van der Waals surface area contributed by atoms with Crippen molar-refractivity contribution in [1.82, 2.24) is 14.5 Å². The predicted molar refractivity (Wildman–Crippen MR) is 153 cm³/mol. The second-order valence-corrected chi connectivity index (χ2v) is 9.65. The van der Waals surface area contributed by atoms with Gasteiger partial charge < -0.3 is 30.0 Å². The summed E-state index contributed by atoms with van der Waals surface area (Å²) in [6, 6.07) is 21.5. The van der Waals surface area contributed by atoms with Crippen LogP contribution in [0.5, 0.6) is 5.75 Å². The van der Waals surface area contributed by atoms with E-state index < -0.39 is 0 Å². The van der Waals surface area contributed by atoms with Crippen molar-refractivity contribution in [3.63, 3.8) is 0 Å². The smallest absolute Gasteiger partial charge is 0.254 e. The summed E-state index contributed by atoms with van der Waals surface area (Å²) in [5.74, 6) is 1.97. The minimum atomic E-state index is 0.0348. The molecule has 5 rings (SSSR count). The third kappa shape index (κ3) is 5.52. The van der Waals surface area contributed by atoms with Crippen molar-refractivity contribution in [2.75, 3.05) is 37.7 Å². The van der Waals surface area contributed by atoms with Gasteiger partial charge in [0.15, 0.2) is 5.84 Å². The number of aromatic nitrogens is 2. The van der Waals surface area contributed by atoms with Gasteiger partial charge in [0.25, 0.3) is 5.91 Å². The number of amides is 1. The number of nitrogens with zero attached hydrogens (tertiary/aromatic N) is 5. The number of anilines is 1. The average Bonchev–Trinajstić information content (AvgIpc) is 3.30. The molecular weight excluding hydrogens is 492 g/mol. The molecule has 1 aliphatic heterocycles. The highest BCUT2D eigenvalue weighted by Gasteiger charge is 2.24. The van der Waals surface area contributed by atoms with Gasteiger partial charge in [0.2, 0.25) is 0 Å². The van der Waals surface area contributed by atoms with Crippen LogP contribution in [0.25, 0.3) is 11.0 Å². The average molecular weight is 527 g/mol. The van der Waals surface area contributed by atoms with Crippen molar-refractivity contribution in [3.8, 4) is 5.75 Å². The Balaban J connectivity index is 1.24. The van der Waals surface area contributed by atoms with E-state index in [1.54, 1.807) is 0 Å². The minimum Gasteiger partial charge on any atom is -0.492 e. The maximum Gasteiger partial charge on any atom is 0.254 e. The van der Waals surface area contributed by atoms with E-state index >= 15 is 0 Å². The quantitative estimate of drug-likeness (QED) is 0.156. The molecule has 1 aromatic heterocycles. The fraction of sp³-hybridized carbons (Fsp3) is 0.300. The van der Waals surface area contributed by atoms with Crippen molar-refractivity contribution >= 4 is 28.5 Å². The van der Waals surface area contributed by atoms with E-state index in [-0.39, 0.29) is 11.7 Å². The molecule has 0 spiro atoms. The Labute approximate surface area is 228 Å². The number of para-hydroxylation sites is 2. The first kappa shape index (κ1) is 26.1. The Morgan fingerprint density at radius 2 is 1.72 bits per heavy atom. The summed E-state index contributed by atoms with van der Waals surface area (Å²) < 4.78 is 7.88. The number of rotatable bonds is 8. The second kappa shape index (κ2) is 11.5. The third-order valence-electron chi connectivity index (χ3n) is 7.29. The first-order valence-electron chi connectivity index (χ1n) is 13.3. The molecule has 0 unspecified atom stereocenters. The Morgan fingerprint density at radius 3 is 2.44 bits per heavy atom. The van der Waals surface area contributed by atoms with E-state index in [9.17, 15) is 4.79 Å². The molecule has 202 valence electrons. The summed E-state index contributed by atoms with van der Waals surface area (Å²) >= 11 is 0. The zero-order valence-corrected chi connectivity index (χ0v) is 22.4. The lowest BCUT2D eigenvalue weighted by atomic mass is 10.1. The van der Waals surface area contributed by atoms with Gasteiger partial charge in [-0.15, -0.1) is 0 Å². The van der Waals surface area contributed by atoms with E-state index in [0.29, 0.717) is 30.8 Å². The highest BCUT2D eigenvalue weighted by molar-refractivity contribution is 5.98. The van der Waals surface area contributed by atoms with Crippen LogP contribution in [0.3, 0.4) is 0 Å². The number of carbonyl (C=O) groups excluding carboxylic acids is 1. The Kier molecular flexibility index (Phi) is 7.67. The van der Waals surface area contributed by atoms with Gasteiger partial charge in [0.1, 0.15) is 11.6 Å². The number of carbonyl (C=O) groups is 1. The molecule has 2 heterocycles. The SMILES string of the molecule is CCOc1ccccc1N1CCN(C(=O)c2ccc3c(c2)nc(CCc2ccc(C(N)=NO)cc2)n3C)CC1. The van der Waals surface area contributed by atoms with Gasteiger partial charge in [-0.25, -0.2) is 4.98 Å². The summed E-state index contributed by atoms with van der Waals surface area (Å²) in [5, 5.41) is 11.9. The van der Waals surface area contributed by atoms with E-state index in [0.717, 1.165) is 59.8 Å². The van der Waals surface area contributed by atoms with Gasteiger partial charge in [-0.3, -0.25) is 4.79 Å². The minimum absolute atomic E-state index is 0.0348. The van der Waals surface area contributed by atoms with Crippen molar-refractivity contribution in [2.24, 2.45) is 17.9 Å². The fourth-order valence-electron chi connectivity index (χ4n) is 5.09. The molecule has 3 N–H and O–H groups in total. The monoisotopic (exact) mass is 526 g/mol. The van der Waals surface area contributed by atoms with Crippen LogP contribution in [0.4, 0.5) is 5.69 Å². The molecule has 9 nitrogen and oxygen atoms in total. The van der Waals surface area contributed by atoms with Crippen LogP contribution in [-0.2, 0) is 19.9 Å². The van der Waals surface area contributed by atoms with Crippen LogP contribution in [0, 0.1) is 0 Å². The van der Waals surface area contributed by atoms with Crippen LogP contribution in [0.2, 0.25) is 0 Å². The molecule has 9 heteroatoms. The standard InChI is InChI=1S/C30H34N6O3/c1-3-39-27-7-5-4-6-26(27)35-16-18-36(19-17-35)30(37)23-13-14-25-24(20-23)32-28(34(25)2)15-10-21-8-11-22(12-9-21)29(31)33-38/h4-9,11-14,20,38H,3,10,15-19H2,1-2H3,(H2,31,33). The molecule has 1 saturated heterocycles. The Bertz CT molecular complexity index is 1490. The van der Waals surface area contributed by atoms with Crippen LogP contribution >= 0.6 is 0 Å². The maximum absolute atomic E-state index is 13.4. The number of nitrogens with two attached hydrogens (primary N) is 1. The van der Waals surface area contributed by atoms with Crippen LogP contribution in [-0.4, -0.2) is 64.2 Å². The van der Waals surface area contributed by atoms with Gasteiger partial charge in [-0.05, 0) is 49.2 Å². The van der Waals surface area contributed by atoms with E-state index in [2.05, 4.69) is 20.7 Å². The molecule has 1 amide bonds. The van der Waals surface area contributed by atoms with Crippen molar-refractivity contribution in [2.45, 2.75) is 19.8 Å². The number of piperazine rings is 1. The normalized spacial score (nSPS) is 14.2. The second-order valence-electron chi connectivity index (χ2n) is 9.65. The number of aryl methyl sites for hydroxylation is 3. The van der Waals surface area contributed by atoms with Gasteiger partial charge in [-0.1, -0.05) is 41.6 Å². The molecule has 0 radical (unpaired) electrons. The highest BCUT2D eigenvalue weighted by Crippen LogP contribution is 2.29. The molecule has 1 fully saturated rings. The Morgan fingerprint density at radius 1 is 1.00 bits per heavy atom. The number of amidine groups is 1. The lowest BCUT2D eigenvalue weighted by molar-refractivity contribution is 0.0747. The topological polar surface area (TPSA) is 109 Å². The molecule has 4 aromatic rings. The van der Waals surface area contributed by atoms with Crippen molar-refractivity contribution < 1.29 is 14.7 Å². The number of hydrogen-bond donors (Lipinski definition) is 2. The number of hydrogen-bond acceptors (Lipinski definition) is 6. The van der Waals surface area contributed by atoms with Crippen molar-refractivity contribution in [1.29, 1.82) is 0 Å². The van der Waals surface area contributed by atoms with E-state index in [1.165, 1.54) is 0 Å². The van der Waals surface area contributed by atoms with Gasteiger partial charge >= 0.3 is 0 Å². The first-order valence-corrected chi connectivity index (χ1v) is 13.3. The highest BCUT2D eigenvalue weighted by atomic mass is 16.5. The zero-order valence-electron chi connectivity index (χ0n) is 22.4. The Hall–Kier alpha value is -4.53. The number of benzene rings is 3. The van der Waals surface area contributed by atoms with E-state index in [1.807, 2.05) is 79.5 Å². The third-order valence-corrected chi connectivity index (χ3v) is 7.29. The molecule has 0 bridgehead atoms. The van der Waals surface area contributed by atoms with Crippen LogP contribution < -0.4 is 15.4 Å². The molecule has 1 aliphatic rings. The summed E-state index contributed by atoms with van der Waals surface area (Å²) in [7, 11) is 2.01. The molecule has 0 saturated carbocycles. The molecule has 0 aliphatic carbocycles. The van der Waals surface area contributed by atoms with Crippen molar-refractivity contribution in [3.05, 3.63) is 89.2 Å². The largest absolute Gasteiger partial charge is 0.492 e. The fourth-order valence-corrected chi connectivity index (χ4v) is 5.09. The first-order chi connectivity index (χ1) is 19.0. The van der Waals surface area contributed by atoms with E-state index in [4.69, 9.17) is 20.7 Å². The van der Waals surface area contributed by atoms with Crippen LogP contribution in [0.15, 0.2) is 71.9 Å². The molecule has 3 aromatic carbocycles. The number of fused-ring (bicyclic) bond motifs is 1. The lowest BCUT2D eigenvalue weighted by Crippen LogP contribution is -2.48. The number of ether oxygens (including phenoxy) is 1. The summed E-state index contributed by atoms with van der Waals surface area (Å²) in [5.41, 5.74) is 11.0. The molecule has 39 heavy (non-hydrogen) atoms. The predicted octanol–water partition coefficient (Wildman–Crippen LogP) is 3.81. The van der Waals surface area contributed by atoms with Gasteiger partial charge in [0.05, 0.1) is 23.3 Å². The van der Waals surface area contributed by atoms with Crippen LogP contribution in [0.1, 0.15) is 34.2 Å².